The van der Waals surface area contributed by atoms with Crippen LogP contribution in [0, 0.1) is 0 Å². The average Bonchev–Trinajstić information content (AvgIpc) is 3.47. The number of para-hydroxylation sites is 1. The number of anilines is 1. The molecule has 136 valence electrons. The van der Waals surface area contributed by atoms with E-state index in [0.29, 0.717) is 5.69 Å². The van der Waals surface area contributed by atoms with Crippen molar-refractivity contribution in [3.8, 4) is 5.75 Å². The molecular weight excluding hydrogens is 356 g/mol. The molecule has 1 N–H and O–H groups in total. The van der Waals surface area contributed by atoms with Gasteiger partial charge in [0.1, 0.15) is 5.75 Å². The Morgan fingerprint density at radius 3 is 2.38 bits per heavy atom. The fourth-order valence-electron chi connectivity index (χ4n) is 2.58. The Labute approximate surface area is 151 Å². The molecule has 2 amide bonds. The summed E-state index contributed by atoms with van der Waals surface area (Å²) in [6, 6.07) is 12.4. The van der Waals surface area contributed by atoms with E-state index in [1.54, 1.807) is 35.2 Å². The van der Waals surface area contributed by atoms with Crippen molar-refractivity contribution in [2.45, 2.75) is 23.8 Å². The fraction of sp³-hybridized carbons (Fsp3) is 0.222. The highest BCUT2D eigenvalue weighted by Gasteiger charge is 2.29. The first-order chi connectivity index (χ1) is 12.5. The van der Waals surface area contributed by atoms with Crippen molar-refractivity contribution >= 4 is 28.0 Å². The van der Waals surface area contributed by atoms with Crippen molar-refractivity contribution < 1.29 is 22.7 Å². The van der Waals surface area contributed by atoms with E-state index in [1.165, 1.54) is 25.3 Å². The molecule has 0 aliphatic heterocycles. The smallest absolute Gasteiger partial charge is 0.268 e. The third-order valence-electron chi connectivity index (χ3n) is 4.08. The number of ether oxygens (including phenoxy) is 1. The SMILES string of the molecule is COc1ccccc1C(=O)NS(=O)(=O)c1ccc(N(C=O)C2CC2)cc1. The highest BCUT2D eigenvalue weighted by atomic mass is 32.2. The van der Waals surface area contributed by atoms with Crippen molar-refractivity contribution in [2.75, 3.05) is 12.0 Å². The van der Waals surface area contributed by atoms with E-state index in [1.807, 2.05) is 4.72 Å². The molecule has 1 aliphatic carbocycles. The minimum Gasteiger partial charge on any atom is -0.496 e. The van der Waals surface area contributed by atoms with Crippen LogP contribution in [0.2, 0.25) is 0 Å². The van der Waals surface area contributed by atoms with Crippen LogP contribution in [0.1, 0.15) is 23.2 Å². The lowest BCUT2D eigenvalue weighted by molar-refractivity contribution is -0.107. The zero-order valence-electron chi connectivity index (χ0n) is 14.1. The molecule has 3 rings (SSSR count). The van der Waals surface area contributed by atoms with Crippen LogP contribution in [-0.4, -0.2) is 33.9 Å². The van der Waals surface area contributed by atoms with Gasteiger partial charge in [0.05, 0.1) is 17.6 Å². The van der Waals surface area contributed by atoms with Crippen molar-refractivity contribution in [2.24, 2.45) is 0 Å². The van der Waals surface area contributed by atoms with Gasteiger partial charge >= 0.3 is 0 Å². The maximum atomic E-state index is 12.5. The Morgan fingerprint density at radius 1 is 1.15 bits per heavy atom. The van der Waals surface area contributed by atoms with E-state index in [2.05, 4.69) is 0 Å². The van der Waals surface area contributed by atoms with Crippen LogP contribution in [0.4, 0.5) is 5.69 Å². The number of nitrogens with one attached hydrogen (secondary N) is 1. The largest absolute Gasteiger partial charge is 0.496 e. The number of nitrogens with zero attached hydrogens (tertiary/aromatic N) is 1. The summed E-state index contributed by atoms with van der Waals surface area (Å²) >= 11 is 0. The fourth-order valence-corrected chi connectivity index (χ4v) is 3.54. The molecule has 2 aromatic carbocycles. The zero-order valence-corrected chi connectivity index (χ0v) is 14.9. The molecule has 0 bridgehead atoms. The highest BCUT2D eigenvalue weighted by molar-refractivity contribution is 7.90. The van der Waals surface area contributed by atoms with Gasteiger partial charge in [-0.2, -0.15) is 0 Å². The predicted molar refractivity (Wildman–Crippen MR) is 95.7 cm³/mol. The molecule has 0 saturated heterocycles. The van der Waals surface area contributed by atoms with Gasteiger partial charge in [0, 0.05) is 11.7 Å². The van der Waals surface area contributed by atoms with Gasteiger partial charge in [0.2, 0.25) is 6.41 Å². The van der Waals surface area contributed by atoms with Gasteiger partial charge in [-0.25, -0.2) is 13.1 Å². The number of hydrogen-bond acceptors (Lipinski definition) is 5. The Balaban J connectivity index is 1.79. The number of benzene rings is 2. The standard InChI is InChI=1S/C18H18N2O5S/c1-25-17-5-3-2-4-16(17)18(22)19-26(23,24)15-10-8-14(9-11-15)20(12-21)13-6-7-13/h2-5,8-13H,6-7H2,1H3,(H,19,22). The first-order valence-corrected chi connectivity index (χ1v) is 9.48. The first-order valence-electron chi connectivity index (χ1n) is 8.00. The Bertz CT molecular complexity index is 921. The summed E-state index contributed by atoms with van der Waals surface area (Å²) in [6.45, 7) is 0. The summed E-state index contributed by atoms with van der Waals surface area (Å²) in [5.41, 5.74) is 0.744. The summed E-state index contributed by atoms with van der Waals surface area (Å²) in [5, 5.41) is 0. The second kappa shape index (κ2) is 7.17. The van der Waals surface area contributed by atoms with Crippen molar-refractivity contribution in [3.63, 3.8) is 0 Å². The van der Waals surface area contributed by atoms with Gasteiger partial charge in [-0.1, -0.05) is 12.1 Å². The molecule has 0 spiro atoms. The minimum atomic E-state index is -4.05. The second-order valence-electron chi connectivity index (χ2n) is 5.87. The molecule has 1 saturated carbocycles. The average molecular weight is 374 g/mol. The molecule has 1 aliphatic rings. The molecule has 8 heteroatoms. The van der Waals surface area contributed by atoms with Crippen LogP contribution in [-0.2, 0) is 14.8 Å². The monoisotopic (exact) mass is 374 g/mol. The van der Waals surface area contributed by atoms with Crippen LogP contribution in [0.15, 0.2) is 53.4 Å². The van der Waals surface area contributed by atoms with E-state index in [4.69, 9.17) is 4.74 Å². The molecule has 2 aromatic rings. The van der Waals surface area contributed by atoms with Crippen molar-refractivity contribution in [1.82, 2.24) is 4.72 Å². The van der Waals surface area contributed by atoms with Crippen LogP contribution < -0.4 is 14.4 Å². The van der Waals surface area contributed by atoms with Crippen LogP contribution in [0.3, 0.4) is 0 Å². The number of hydrogen-bond donors (Lipinski definition) is 1. The summed E-state index contributed by atoms with van der Waals surface area (Å²) in [4.78, 5) is 25.0. The third kappa shape index (κ3) is 3.70. The molecule has 7 nitrogen and oxygen atoms in total. The molecular formula is C18H18N2O5S. The number of carbonyl (C=O) groups excluding carboxylic acids is 2. The van der Waals surface area contributed by atoms with Crippen molar-refractivity contribution in [3.05, 3.63) is 54.1 Å². The van der Waals surface area contributed by atoms with Crippen LogP contribution in [0.5, 0.6) is 5.75 Å². The first kappa shape index (κ1) is 17.9. The Kier molecular flexibility index (Phi) is 4.94. The quantitative estimate of drug-likeness (QED) is 0.748. The Morgan fingerprint density at radius 2 is 1.81 bits per heavy atom. The highest BCUT2D eigenvalue weighted by Crippen LogP contribution is 2.30. The summed E-state index contributed by atoms with van der Waals surface area (Å²) in [6.07, 6.45) is 2.62. The van der Waals surface area contributed by atoms with Gasteiger partial charge in [-0.15, -0.1) is 0 Å². The minimum absolute atomic E-state index is 0.0638. The maximum absolute atomic E-state index is 12.5. The number of methoxy groups -OCH3 is 1. The molecule has 1 fully saturated rings. The van der Waals surface area contributed by atoms with E-state index in [9.17, 15) is 18.0 Å². The number of carbonyl (C=O) groups is 2. The zero-order chi connectivity index (χ0) is 18.7. The van der Waals surface area contributed by atoms with Gasteiger partial charge in [-0.3, -0.25) is 9.59 Å². The molecule has 0 unspecified atom stereocenters. The normalized spacial score (nSPS) is 13.7. The lowest BCUT2D eigenvalue weighted by Crippen LogP contribution is -2.31. The summed E-state index contributed by atoms with van der Waals surface area (Å²) in [5.74, 6) is -0.499. The van der Waals surface area contributed by atoms with Gasteiger partial charge < -0.3 is 9.64 Å². The number of amides is 2. The second-order valence-corrected chi connectivity index (χ2v) is 7.56. The molecule has 0 heterocycles. The maximum Gasteiger partial charge on any atom is 0.268 e. The molecule has 0 aromatic heterocycles. The van der Waals surface area contributed by atoms with Crippen molar-refractivity contribution in [1.29, 1.82) is 0 Å². The van der Waals surface area contributed by atoms with Gasteiger partial charge in [0.15, 0.2) is 0 Å². The third-order valence-corrected chi connectivity index (χ3v) is 5.42. The number of rotatable bonds is 7. The Hall–Kier alpha value is -2.87. The lowest BCUT2D eigenvalue weighted by Gasteiger charge is -2.17. The van der Waals surface area contributed by atoms with Crippen LogP contribution in [0.25, 0.3) is 0 Å². The topological polar surface area (TPSA) is 92.8 Å². The summed E-state index contributed by atoms with van der Waals surface area (Å²) < 4.78 is 32.0. The molecule has 0 atom stereocenters. The molecule has 26 heavy (non-hydrogen) atoms. The number of sulfonamides is 1. The molecule has 0 radical (unpaired) electrons. The van der Waals surface area contributed by atoms with E-state index in [0.717, 1.165) is 19.3 Å². The van der Waals surface area contributed by atoms with Crippen LogP contribution >= 0.6 is 0 Å². The lowest BCUT2D eigenvalue weighted by atomic mass is 10.2. The van der Waals surface area contributed by atoms with Gasteiger partial charge in [0.25, 0.3) is 15.9 Å². The summed E-state index contributed by atoms with van der Waals surface area (Å²) in [7, 11) is -2.65. The van der Waals surface area contributed by atoms with E-state index >= 15 is 0 Å². The van der Waals surface area contributed by atoms with E-state index < -0.39 is 15.9 Å². The van der Waals surface area contributed by atoms with E-state index in [-0.39, 0.29) is 22.3 Å². The van der Waals surface area contributed by atoms with Gasteiger partial charge in [-0.05, 0) is 49.2 Å². The predicted octanol–water partition coefficient (Wildman–Crippen LogP) is 1.94.